The molecule has 7 heteroatoms. The van der Waals surface area contributed by atoms with Crippen LogP contribution in [0, 0.1) is 28.8 Å². The lowest BCUT2D eigenvalue weighted by Crippen LogP contribution is -2.02. The van der Waals surface area contributed by atoms with Crippen LogP contribution in [0.2, 0.25) is 0 Å². The number of nitrogens with one attached hydrogen (secondary N) is 1. The van der Waals surface area contributed by atoms with Crippen molar-refractivity contribution in [2.75, 3.05) is 5.32 Å². The first kappa shape index (κ1) is 11.9. The molecule has 90 valence electrons. The normalized spacial score (nSPS) is 9.89. The minimum atomic E-state index is -1.60. The standard InChI is InChI=1S/C11H5F3N4/c12-6-1-2-7(10(14)9(6)13)18-11-8(5-15)16-3-4-17-11/h1-4H,(H,17,18). The number of hydrogen-bond acceptors (Lipinski definition) is 4. The Balaban J connectivity index is 2.41. The van der Waals surface area contributed by atoms with Gasteiger partial charge in [0, 0.05) is 12.4 Å². The highest BCUT2D eigenvalue weighted by Gasteiger charge is 2.15. The predicted molar refractivity (Wildman–Crippen MR) is 56.3 cm³/mol. The number of nitrogens with zero attached hydrogens (tertiary/aromatic N) is 3. The molecule has 0 amide bonds. The number of aromatic nitrogens is 2. The first-order valence-electron chi connectivity index (χ1n) is 4.75. The molecule has 1 N–H and O–H groups in total. The topological polar surface area (TPSA) is 61.6 Å². The smallest absolute Gasteiger partial charge is 0.196 e. The minimum Gasteiger partial charge on any atom is -0.335 e. The Bertz CT molecular complexity index is 637. The lowest BCUT2D eigenvalue weighted by atomic mass is 10.2. The Morgan fingerprint density at radius 1 is 1.06 bits per heavy atom. The summed E-state index contributed by atoms with van der Waals surface area (Å²) in [4.78, 5) is 7.45. The molecule has 4 nitrogen and oxygen atoms in total. The zero-order valence-corrected chi connectivity index (χ0v) is 8.78. The maximum Gasteiger partial charge on any atom is 0.196 e. The van der Waals surface area contributed by atoms with Crippen molar-refractivity contribution in [2.24, 2.45) is 0 Å². The van der Waals surface area contributed by atoms with Gasteiger partial charge in [-0.2, -0.15) is 5.26 Å². The van der Waals surface area contributed by atoms with Gasteiger partial charge in [-0.25, -0.2) is 23.1 Å². The Kier molecular flexibility index (Phi) is 3.10. The van der Waals surface area contributed by atoms with Crippen molar-refractivity contribution in [1.29, 1.82) is 5.26 Å². The van der Waals surface area contributed by atoms with Crippen LogP contribution in [0.15, 0.2) is 24.5 Å². The molecule has 18 heavy (non-hydrogen) atoms. The van der Waals surface area contributed by atoms with Gasteiger partial charge in [-0.05, 0) is 12.1 Å². The monoisotopic (exact) mass is 250 g/mol. The molecular weight excluding hydrogens is 245 g/mol. The van der Waals surface area contributed by atoms with Crippen LogP contribution in [-0.4, -0.2) is 9.97 Å². The highest BCUT2D eigenvalue weighted by molar-refractivity contribution is 5.61. The number of nitriles is 1. The fourth-order valence-electron chi connectivity index (χ4n) is 1.26. The summed E-state index contributed by atoms with van der Waals surface area (Å²) in [5.41, 5.74) is -0.410. The Hall–Kier alpha value is -2.62. The van der Waals surface area contributed by atoms with E-state index in [-0.39, 0.29) is 17.2 Å². The van der Waals surface area contributed by atoms with Crippen LogP contribution in [0.3, 0.4) is 0 Å². The van der Waals surface area contributed by atoms with E-state index in [0.717, 1.165) is 12.1 Å². The van der Waals surface area contributed by atoms with Crippen LogP contribution >= 0.6 is 0 Å². The van der Waals surface area contributed by atoms with E-state index in [1.807, 2.05) is 0 Å². The Morgan fingerprint density at radius 2 is 1.78 bits per heavy atom. The van der Waals surface area contributed by atoms with E-state index in [1.165, 1.54) is 12.4 Å². The van der Waals surface area contributed by atoms with Gasteiger partial charge < -0.3 is 5.32 Å². The number of anilines is 2. The maximum absolute atomic E-state index is 13.4. The SMILES string of the molecule is N#Cc1nccnc1Nc1ccc(F)c(F)c1F. The fourth-order valence-corrected chi connectivity index (χ4v) is 1.26. The third kappa shape index (κ3) is 2.08. The molecule has 0 aliphatic rings. The molecule has 0 spiro atoms. The van der Waals surface area contributed by atoms with Gasteiger partial charge in [-0.15, -0.1) is 0 Å². The van der Waals surface area contributed by atoms with Gasteiger partial charge in [0.25, 0.3) is 0 Å². The predicted octanol–water partition coefficient (Wildman–Crippen LogP) is 2.51. The summed E-state index contributed by atoms with van der Waals surface area (Å²) < 4.78 is 39.1. The van der Waals surface area contributed by atoms with Crippen LogP contribution in [0.1, 0.15) is 5.69 Å². The van der Waals surface area contributed by atoms with Crippen molar-refractivity contribution in [2.45, 2.75) is 0 Å². The molecule has 1 heterocycles. The summed E-state index contributed by atoms with van der Waals surface area (Å²) in [6, 6.07) is 3.51. The highest BCUT2D eigenvalue weighted by Crippen LogP contribution is 2.23. The molecule has 2 aromatic rings. The van der Waals surface area contributed by atoms with Gasteiger partial charge in [-0.1, -0.05) is 0 Å². The van der Waals surface area contributed by atoms with Gasteiger partial charge >= 0.3 is 0 Å². The summed E-state index contributed by atoms with van der Waals surface area (Å²) in [7, 11) is 0. The second-order valence-electron chi connectivity index (χ2n) is 3.21. The first-order valence-corrected chi connectivity index (χ1v) is 4.75. The van der Waals surface area contributed by atoms with Gasteiger partial charge in [0.15, 0.2) is 29.0 Å². The van der Waals surface area contributed by atoms with Crippen molar-refractivity contribution in [3.8, 4) is 6.07 Å². The summed E-state index contributed by atoms with van der Waals surface area (Å²) in [6.45, 7) is 0. The third-order valence-corrected chi connectivity index (χ3v) is 2.09. The van der Waals surface area contributed by atoms with Crippen LogP contribution in [-0.2, 0) is 0 Å². The molecule has 0 radical (unpaired) electrons. The maximum atomic E-state index is 13.4. The lowest BCUT2D eigenvalue weighted by molar-refractivity contribution is 0.449. The number of rotatable bonds is 2. The summed E-state index contributed by atoms with van der Waals surface area (Å²) in [6.07, 6.45) is 2.56. The molecule has 1 aromatic heterocycles. The van der Waals surface area contributed by atoms with E-state index in [0.29, 0.717) is 0 Å². The Labute approximate surface area is 99.7 Å². The largest absolute Gasteiger partial charge is 0.335 e. The number of benzene rings is 1. The molecule has 0 aliphatic heterocycles. The molecule has 0 unspecified atom stereocenters. The van der Waals surface area contributed by atoms with Gasteiger partial charge in [0.2, 0.25) is 0 Å². The number of hydrogen-bond donors (Lipinski definition) is 1. The lowest BCUT2D eigenvalue weighted by Gasteiger charge is -2.07. The quantitative estimate of drug-likeness (QED) is 0.832. The first-order chi connectivity index (χ1) is 8.63. The molecule has 0 aliphatic carbocycles. The van der Waals surface area contributed by atoms with E-state index in [1.54, 1.807) is 6.07 Å². The third-order valence-electron chi connectivity index (χ3n) is 2.09. The zero-order valence-electron chi connectivity index (χ0n) is 8.78. The van der Waals surface area contributed by atoms with E-state index in [4.69, 9.17) is 5.26 Å². The molecule has 2 rings (SSSR count). The second kappa shape index (κ2) is 4.71. The van der Waals surface area contributed by atoms with Crippen molar-refractivity contribution >= 4 is 11.5 Å². The molecule has 0 saturated heterocycles. The minimum absolute atomic E-state index is 0.0371. The van der Waals surface area contributed by atoms with E-state index < -0.39 is 17.5 Å². The van der Waals surface area contributed by atoms with Crippen molar-refractivity contribution in [3.63, 3.8) is 0 Å². The average molecular weight is 250 g/mol. The molecule has 0 bridgehead atoms. The van der Waals surface area contributed by atoms with Crippen LogP contribution in [0.4, 0.5) is 24.7 Å². The van der Waals surface area contributed by atoms with Crippen LogP contribution in [0.5, 0.6) is 0 Å². The van der Waals surface area contributed by atoms with Crippen molar-refractivity contribution in [1.82, 2.24) is 9.97 Å². The number of halogens is 3. The van der Waals surface area contributed by atoms with Crippen molar-refractivity contribution in [3.05, 3.63) is 47.7 Å². The second-order valence-corrected chi connectivity index (χ2v) is 3.21. The molecule has 1 aromatic carbocycles. The van der Waals surface area contributed by atoms with Gasteiger partial charge in [0.05, 0.1) is 5.69 Å². The van der Waals surface area contributed by atoms with Crippen LogP contribution < -0.4 is 5.32 Å². The molecule has 0 saturated carbocycles. The molecule has 0 fully saturated rings. The fraction of sp³-hybridized carbons (Fsp3) is 0. The Morgan fingerprint density at radius 3 is 2.50 bits per heavy atom. The van der Waals surface area contributed by atoms with Crippen molar-refractivity contribution < 1.29 is 13.2 Å². The molecular formula is C11H5F3N4. The van der Waals surface area contributed by atoms with Gasteiger partial charge in [-0.3, -0.25) is 0 Å². The summed E-state index contributed by atoms with van der Waals surface area (Å²) >= 11 is 0. The van der Waals surface area contributed by atoms with E-state index in [2.05, 4.69) is 15.3 Å². The summed E-state index contributed by atoms with van der Waals surface area (Å²) in [5.74, 6) is -4.31. The van der Waals surface area contributed by atoms with E-state index in [9.17, 15) is 13.2 Å². The average Bonchev–Trinajstić information content (AvgIpc) is 2.40. The van der Waals surface area contributed by atoms with Crippen LogP contribution in [0.25, 0.3) is 0 Å². The zero-order chi connectivity index (χ0) is 13.1. The summed E-state index contributed by atoms with van der Waals surface area (Å²) in [5, 5.41) is 11.1. The van der Waals surface area contributed by atoms with E-state index >= 15 is 0 Å². The highest BCUT2D eigenvalue weighted by atomic mass is 19.2. The molecule has 0 atom stereocenters. The van der Waals surface area contributed by atoms with Gasteiger partial charge in [0.1, 0.15) is 6.07 Å².